The Morgan fingerprint density at radius 1 is 0.618 bits per heavy atom. The third-order valence-corrected chi connectivity index (χ3v) is 6.44. The van der Waals surface area contributed by atoms with Gasteiger partial charge in [0, 0.05) is 0 Å². The molecule has 2 aromatic carbocycles. The molecule has 0 radical (unpaired) electrons. The van der Waals surface area contributed by atoms with Gasteiger partial charge in [-0.15, -0.1) is 0 Å². The molecule has 0 aliphatic carbocycles. The zero-order chi connectivity index (χ0) is 23.3. The summed E-state index contributed by atoms with van der Waals surface area (Å²) in [5.74, 6) is 0. The van der Waals surface area contributed by atoms with E-state index in [-0.39, 0.29) is 0 Å². The molecule has 0 saturated carbocycles. The maximum atomic E-state index is 4.93. The normalized spacial score (nSPS) is 13.0. The fraction of sp³-hybridized carbons (Fsp3) is 0.207. The third-order valence-electron chi connectivity index (χ3n) is 6.44. The predicted molar refractivity (Wildman–Crippen MR) is 132 cm³/mol. The van der Waals surface area contributed by atoms with Crippen LogP contribution in [0.25, 0.3) is 0 Å². The molecule has 34 heavy (non-hydrogen) atoms. The Balaban J connectivity index is 1.25. The van der Waals surface area contributed by atoms with Crippen LogP contribution in [0.4, 0.5) is 0 Å². The summed E-state index contributed by atoms with van der Waals surface area (Å²) >= 11 is 0. The summed E-state index contributed by atoms with van der Waals surface area (Å²) in [6.07, 6.45) is 12.8. The van der Waals surface area contributed by atoms with E-state index in [9.17, 15) is 0 Å². The van der Waals surface area contributed by atoms with Crippen molar-refractivity contribution in [3.8, 4) is 0 Å². The lowest BCUT2D eigenvalue weighted by atomic mass is 10.1. The fourth-order valence-corrected chi connectivity index (χ4v) is 4.35. The highest BCUT2D eigenvalue weighted by Gasteiger charge is 2.16. The van der Waals surface area contributed by atoms with Crippen molar-refractivity contribution in [1.29, 1.82) is 0 Å². The van der Waals surface area contributed by atoms with Crippen molar-refractivity contribution in [1.82, 2.24) is 14.1 Å². The number of benzene rings is 2. The maximum Gasteiger partial charge on any atom is 0.244 e. The summed E-state index contributed by atoms with van der Waals surface area (Å²) in [7, 11) is 0. The molecule has 0 aliphatic rings. The van der Waals surface area contributed by atoms with Crippen LogP contribution in [0.2, 0.25) is 0 Å². The maximum absolute atomic E-state index is 4.93. The molecule has 0 amide bonds. The second-order valence-corrected chi connectivity index (χ2v) is 8.86. The lowest BCUT2D eigenvalue weighted by Gasteiger charge is -2.08. The number of imidazole rings is 2. The van der Waals surface area contributed by atoms with Gasteiger partial charge < -0.3 is 0 Å². The van der Waals surface area contributed by atoms with Gasteiger partial charge in [0.05, 0.1) is 11.4 Å². The molecule has 5 heteroatoms. The van der Waals surface area contributed by atoms with E-state index in [1.54, 1.807) is 0 Å². The summed E-state index contributed by atoms with van der Waals surface area (Å²) in [6, 6.07) is 28.1. The van der Waals surface area contributed by atoms with Crippen LogP contribution < -0.4 is 9.13 Å². The molecule has 2 atom stereocenters. The number of nitrogens with zero attached hydrogens (tertiary/aromatic N) is 5. The van der Waals surface area contributed by atoms with Crippen LogP contribution in [0.5, 0.6) is 0 Å². The van der Waals surface area contributed by atoms with Gasteiger partial charge in [-0.2, -0.15) is 0 Å². The van der Waals surface area contributed by atoms with Gasteiger partial charge in [0.25, 0.3) is 0 Å². The van der Waals surface area contributed by atoms with Crippen molar-refractivity contribution in [2.24, 2.45) is 0 Å². The smallest absolute Gasteiger partial charge is 0.244 e. The molecule has 0 saturated heterocycles. The molecule has 5 aromatic rings. The first kappa shape index (κ1) is 21.8. The van der Waals surface area contributed by atoms with Crippen molar-refractivity contribution in [2.45, 2.75) is 39.0 Å². The Hall–Kier alpha value is -3.99. The Labute approximate surface area is 201 Å². The van der Waals surface area contributed by atoms with Crippen molar-refractivity contribution in [3.63, 3.8) is 0 Å². The van der Waals surface area contributed by atoms with Crippen molar-refractivity contribution in [2.75, 3.05) is 0 Å². The van der Waals surface area contributed by atoms with E-state index >= 15 is 0 Å². The van der Waals surface area contributed by atoms with Crippen molar-refractivity contribution in [3.05, 3.63) is 139 Å². The quantitative estimate of drug-likeness (QED) is 0.319. The molecule has 0 aliphatic heterocycles. The van der Waals surface area contributed by atoms with Gasteiger partial charge in [0.1, 0.15) is 50.0 Å². The SMILES string of the molecule is C[C@H](c1ccccc1)n1cc[n+](Cc2cccc(C[n+]3ccn([C@H](C)c4ccccc4)c3)n2)c1. The van der Waals surface area contributed by atoms with E-state index in [2.05, 4.69) is 148 Å². The summed E-state index contributed by atoms with van der Waals surface area (Å²) < 4.78 is 8.87. The number of hydrogen-bond acceptors (Lipinski definition) is 1. The minimum atomic E-state index is 0.292. The number of rotatable bonds is 8. The molecular weight excluding hydrogens is 418 g/mol. The second kappa shape index (κ2) is 9.87. The zero-order valence-electron chi connectivity index (χ0n) is 19.8. The molecule has 0 spiro atoms. The molecular formula is C29H31N5+2. The van der Waals surface area contributed by atoms with E-state index in [0.717, 1.165) is 24.5 Å². The molecule has 0 fully saturated rings. The van der Waals surface area contributed by atoms with Gasteiger partial charge in [0.2, 0.25) is 12.7 Å². The van der Waals surface area contributed by atoms with Crippen LogP contribution in [0, 0.1) is 0 Å². The van der Waals surface area contributed by atoms with E-state index in [0.29, 0.717) is 12.1 Å². The van der Waals surface area contributed by atoms with Gasteiger partial charge in [-0.3, -0.25) is 0 Å². The molecule has 0 N–H and O–H groups in total. The Bertz CT molecular complexity index is 1240. The number of aromatic nitrogens is 5. The minimum Gasteiger partial charge on any atom is -0.250 e. The highest BCUT2D eigenvalue weighted by Crippen LogP contribution is 2.17. The first-order valence-electron chi connectivity index (χ1n) is 11.8. The highest BCUT2D eigenvalue weighted by atomic mass is 15.1. The van der Waals surface area contributed by atoms with Crippen molar-refractivity contribution >= 4 is 0 Å². The van der Waals surface area contributed by atoms with Crippen LogP contribution in [-0.4, -0.2) is 14.1 Å². The van der Waals surface area contributed by atoms with Crippen LogP contribution >= 0.6 is 0 Å². The molecule has 0 unspecified atom stereocenters. The van der Waals surface area contributed by atoms with Gasteiger partial charge >= 0.3 is 0 Å². The first-order valence-corrected chi connectivity index (χ1v) is 11.8. The minimum absolute atomic E-state index is 0.292. The van der Waals surface area contributed by atoms with Gasteiger partial charge in [0.15, 0.2) is 0 Å². The lowest BCUT2D eigenvalue weighted by Crippen LogP contribution is -2.34. The molecule has 0 bridgehead atoms. The standard InChI is InChI=1S/C29H31N5/c1-24(26-10-5-3-6-11-26)33-18-16-31(22-33)20-28-14-9-15-29(30-28)21-32-17-19-34(23-32)25(2)27-12-7-4-8-13-27/h3-19,22-25H,20-21H2,1-2H3/q+2/t24-,25-/m1/s1. The predicted octanol–water partition coefficient (Wildman–Crippen LogP) is 4.57. The van der Waals surface area contributed by atoms with Gasteiger partial charge in [-0.1, -0.05) is 66.7 Å². The average molecular weight is 450 g/mol. The Morgan fingerprint density at radius 3 is 1.50 bits per heavy atom. The molecule has 3 heterocycles. The summed E-state index contributed by atoms with van der Waals surface area (Å²) in [6.45, 7) is 5.94. The topological polar surface area (TPSA) is 30.5 Å². The van der Waals surface area contributed by atoms with E-state index < -0.39 is 0 Å². The number of pyridine rings is 1. The number of hydrogen-bond donors (Lipinski definition) is 0. The molecule has 5 rings (SSSR count). The van der Waals surface area contributed by atoms with E-state index in [1.807, 2.05) is 0 Å². The van der Waals surface area contributed by atoms with Gasteiger partial charge in [-0.25, -0.2) is 23.3 Å². The monoisotopic (exact) mass is 449 g/mol. The largest absolute Gasteiger partial charge is 0.250 e. The lowest BCUT2D eigenvalue weighted by molar-refractivity contribution is -0.689. The van der Waals surface area contributed by atoms with Crippen LogP contribution in [0.15, 0.2) is 116 Å². The molecule has 5 nitrogen and oxygen atoms in total. The van der Waals surface area contributed by atoms with Crippen LogP contribution in [0.3, 0.4) is 0 Å². The second-order valence-electron chi connectivity index (χ2n) is 8.86. The highest BCUT2D eigenvalue weighted by molar-refractivity contribution is 5.20. The van der Waals surface area contributed by atoms with Gasteiger partial charge in [-0.05, 0) is 37.1 Å². The summed E-state index contributed by atoms with van der Waals surface area (Å²) in [5, 5.41) is 0. The first-order chi connectivity index (χ1) is 16.7. The van der Waals surface area contributed by atoms with Crippen LogP contribution in [0.1, 0.15) is 48.4 Å². The Kier molecular flexibility index (Phi) is 6.34. The van der Waals surface area contributed by atoms with Crippen molar-refractivity contribution < 1.29 is 9.13 Å². The average Bonchev–Trinajstić information content (AvgIpc) is 3.54. The third kappa shape index (κ3) is 4.99. The Morgan fingerprint density at radius 2 is 1.06 bits per heavy atom. The molecule has 3 aromatic heterocycles. The summed E-state index contributed by atoms with van der Waals surface area (Å²) in [5.41, 5.74) is 4.72. The zero-order valence-corrected chi connectivity index (χ0v) is 19.8. The molecule has 170 valence electrons. The summed E-state index contributed by atoms with van der Waals surface area (Å²) in [4.78, 5) is 4.93. The van der Waals surface area contributed by atoms with E-state index in [4.69, 9.17) is 4.98 Å². The fourth-order valence-electron chi connectivity index (χ4n) is 4.35. The van der Waals surface area contributed by atoms with Crippen LogP contribution in [-0.2, 0) is 13.1 Å². The van der Waals surface area contributed by atoms with E-state index in [1.165, 1.54) is 11.1 Å².